The Morgan fingerprint density at radius 1 is 1.10 bits per heavy atom. The number of carbonyl (C=O) groups is 1. The number of rotatable bonds is 4. The quantitative estimate of drug-likeness (QED) is 0.589. The third kappa shape index (κ3) is 4.29. The number of hydrogen-bond donors (Lipinski definition) is 3. The highest BCUT2D eigenvalue weighted by Gasteiger charge is 2.32. The largest absolute Gasteiger partial charge is 0.573 e. The van der Waals surface area contributed by atoms with Crippen LogP contribution in [0, 0.1) is 6.92 Å². The number of allylic oxidation sites excluding steroid dienone is 3. The molecule has 31 heavy (non-hydrogen) atoms. The highest BCUT2D eigenvalue weighted by Crippen LogP contribution is 2.32. The second-order valence-corrected chi connectivity index (χ2v) is 6.71. The number of hydrazine groups is 1. The first kappa shape index (κ1) is 20.3. The highest BCUT2D eigenvalue weighted by molar-refractivity contribution is 5.95. The molecule has 3 heterocycles. The van der Waals surface area contributed by atoms with Crippen LogP contribution in [-0.4, -0.2) is 26.9 Å². The van der Waals surface area contributed by atoms with Gasteiger partial charge in [0, 0.05) is 11.3 Å². The molecule has 0 atom stereocenters. The van der Waals surface area contributed by atoms with E-state index in [0.717, 1.165) is 5.70 Å². The van der Waals surface area contributed by atoms with E-state index >= 15 is 0 Å². The summed E-state index contributed by atoms with van der Waals surface area (Å²) < 4.78 is 43.7. The van der Waals surface area contributed by atoms with E-state index in [9.17, 15) is 18.0 Å². The highest BCUT2D eigenvalue weighted by atomic mass is 19.4. The van der Waals surface area contributed by atoms with E-state index in [1.165, 1.54) is 28.8 Å². The first-order chi connectivity index (χ1) is 14.7. The van der Waals surface area contributed by atoms with Crippen molar-refractivity contribution in [2.24, 2.45) is 0 Å². The van der Waals surface area contributed by atoms with Crippen LogP contribution in [0.15, 0.2) is 60.1 Å². The van der Waals surface area contributed by atoms with Crippen LogP contribution in [0.4, 0.5) is 13.2 Å². The molecule has 0 saturated carbocycles. The molecule has 0 saturated heterocycles. The number of nitrogens with zero attached hydrogens (tertiary/aromatic N) is 3. The van der Waals surface area contributed by atoms with E-state index in [0.29, 0.717) is 17.2 Å². The molecule has 0 bridgehead atoms. The SMILES string of the molecule is CC1=CC=C(NC(=O)c2c(C)nc3ccc(-c4ccccc4OC(F)(F)F)nn23)NN1. The number of halogens is 3. The molecule has 0 fully saturated rings. The summed E-state index contributed by atoms with van der Waals surface area (Å²) in [7, 11) is 0. The molecule has 11 heteroatoms. The Bertz CT molecular complexity index is 1230. The van der Waals surface area contributed by atoms with Crippen LogP contribution in [-0.2, 0) is 0 Å². The number of alkyl halides is 3. The Morgan fingerprint density at radius 3 is 2.58 bits per heavy atom. The lowest BCUT2D eigenvalue weighted by atomic mass is 10.1. The van der Waals surface area contributed by atoms with Gasteiger partial charge in [0.15, 0.2) is 11.3 Å². The Kier molecular flexibility index (Phi) is 5.01. The van der Waals surface area contributed by atoms with Crippen molar-refractivity contribution in [2.75, 3.05) is 0 Å². The van der Waals surface area contributed by atoms with Gasteiger partial charge in [0.1, 0.15) is 11.6 Å². The molecule has 0 unspecified atom stereocenters. The van der Waals surface area contributed by atoms with Gasteiger partial charge in [-0.25, -0.2) is 9.50 Å². The summed E-state index contributed by atoms with van der Waals surface area (Å²) >= 11 is 0. The van der Waals surface area contributed by atoms with Crippen molar-refractivity contribution in [3.8, 4) is 17.0 Å². The van der Waals surface area contributed by atoms with Crippen molar-refractivity contribution in [1.82, 2.24) is 30.8 Å². The summed E-state index contributed by atoms with van der Waals surface area (Å²) in [5.41, 5.74) is 7.84. The summed E-state index contributed by atoms with van der Waals surface area (Å²) in [5, 5.41) is 7.07. The fourth-order valence-electron chi connectivity index (χ4n) is 3.05. The number of aryl methyl sites for hydroxylation is 1. The molecular formula is C20H17F3N6O2. The van der Waals surface area contributed by atoms with Crippen molar-refractivity contribution in [3.63, 3.8) is 0 Å². The Balaban J connectivity index is 1.73. The third-order valence-electron chi connectivity index (χ3n) is 4.40. The van der Waals surface area contributed by atoms with Crippen molar-refractivity contribution in [3.05, 3.63) is 71.5 Å². The zero-order valence-electron chi connectivity index (χ0n) is 16.4. The number of imidazole rings is 1. The van der Waals surface area contributed by atoms with Gasteiger partial charge in [-0.3, -0.25) is 10.2 Å². The number of aromatic nitrogens is 3. The average molecular weight is 430 g/mol. The molecule has 8 nitrogen and oxygen atoms in total. The second kappa shape index (κ2) is 7.67. The molecule has 4 rings (SSSR count). The molecule has 0 spiro atoms. The van der Waals surface area contributed by atoms with Crippen LogP contribution in [0.2, 0.25) is 0 Å². The van der Waals surface area contributed by atoms with Crippen LogP contribution < -0.4 is 20.9 Å². The zero-order valence-corrected chi connectivity index (χ0v) is 16.4. The van der Waals surface area contributed by atoms with Gasteiger partial charge in [-0.2, -0.15) is 5.10 Å². The fourth-order valence-corrected chi connectivity index (χ4v) is 3.05. The van der Waals surface area contributed by atoms with Gasteiger partial charge in [-0.1, -0.05) is 12.1 Å². The smallest absolute Gasteiger partial charge is 0.405 e. The van der Waals surface area contributed by atoms with E-state index in [2.05, 4.69) is 31.0 Å². The van der Waals surface area contributed by atoms with Crippen molar-refractivity contribution >= 4 is 11.6 Å². The van der Waals surface area contributed by atoms with E-state index in [1.807, 2.05) is 6.92 Å². The molecule has 1 aliphatic rings. The van der Waals surface area contributed by atoms with Crippen LogP contribution in [0.1, 0.15) is 23.1 Å². The minimum Gasteiger partial charge on any atom is -0.405 e. The number of ether oxygens (including phenoxy) is 1. The molecule has 3 N–H and O–H groups in total. The van der Waals surface area contributed by atoms with Crippen molar-refractivity contribution < 1.29 is 22.7 Å². The normalized spacial score (nSPS) is 13.7. The number of fused-ring (bicyclic) bond motifs is 1. The van der Waals surface area contributed by atoms with Gasteiger partial charge in [-0.05, 0) is 50.3 Å². The Morgan fingerprint density at radius 2 is 1.87 bits per heavy atom. The minimum atomic E-state index is -4.85. The maximum absolute atomic E-state index is 12.9. The van der Waals surface area contributed by atoms with E-state index in [4.69, 9.17) is 0 Å². The predicted octanol–water partition coefficient (Wildman–Crippen LogP) is 3.19. The topological polar surface area (TPSA) is 92.6 Å². The zero-order chi connectivity index (χ0) is 22.2. The summed E-state index contributed by atoms with van der Waals surface area (Å²) in [6, 6.07) is 8.74. The lowest BCUT2D eigenvalue weighted by Crippen LogP contribution is -2.40. The van der Waals surface area contributed by atoms with Gasteiger partial charge in [0.25, 0.3) is 5.91 Å². The molecular weight excluding hydrogens is 413 g/mol. The molecule has 1 aromatic carbocycles. The summed E-state index contributed by atoms with van der Waals surface area (Å²) in [4.78, 5) is 17.2. The first-order valence-electron chi connectivity index (χ1n) is 9.15. The average Bonchev–Trinajstić information content (AvgIpc) is 3.04. The molecule has 0 aliphatic carbocycles. The van der Waals surface area contributed by atoms with Gasteiger partial charge in [0.05, 0.1) is 11.4 Å². The number of nitrogens with one attached hydrogen (secondary N) is 3. The third-order valence-corrected chi connectivity index (χ3v) is 4.40. The lowest BCUT2D eigenvalue weighted by Gasteiger charge is -2.17. The maximum Gasteiger partial charge on any atom is 0.573 e. The van der Waals surface area contributed by atoms with E-state index < -0.39 is 18.0 Å². The van der Waals surface area contributed by atoms with Gasteiger partial charge < -0.3 is 15.5 Å². The van der Waals surface area contributed by atoms with Gasteiger partial charge >= 0.3 is 6.36 Å². The van der Waals surface area contributed by atoms with Crippen LogP contribution in [0.25, 0.3) is 16.9 Å². The number of benzene rings is 1. The van der Waals surface area contributed by atoms with Crippen LogP contribution in [0.5, 0.6) is 5.75 Å². The summed E-state index contributed by atoms with van der Waals surface area (Å²) in [6.07, 6.45) is -1.38. The molecule has 0 radical (unpaired) electrons. The van der Waals surface area contributed by atoms with E-state index in [1.54, 1.807) is 31.2 Å². The first-order valence-corrected chi connectivity index (χ1v) is 9.15. The maximum atomic E-state index is 12.9. The molecule has 1 amide bonds. The predicted molar refractivity (Wildman–Crippen MR) is 105 cm³/mol. The Hall–Kier alpha value is -4.02. The molecule has 3 aromatic rings. The summed E-state index contributed by atoms with van der Waals surface area (Å²) in [5.74, 6) is -0.456. The van der Waals surface area contributed by atoms with Gasteiger partial charge in [-0.15, -0.1) is 13.2 Å². The number of hydrogen-bond acceptors (Lipinski definition) is 6. The lowest BCUT2D eigenvalue weighted by molar-refractivity contribution is -0.274. The number of carbonyl (C=O) groups excluding carboxylic acids is 1. The van der Waals surface area contributed by atoms with E-state index in [-0.39, 0.29) is 17.0 Å². The molecule has 2 aromatic heterocycles. The fraction of sp³-hybridized carbons (Fsp3) is 0.150. The van der Waals surface area contributed by atoms with Gasteiger partial charge in [0.2, 0.25) is 0 Å². The van der Waals surface area contributed by atoms with Crippen LogP contribution >= 0.6 is 0 Å². The van der Waals surface area contributed by atoms with Crippen molar-refractivity contribution in [1.29, 1.82) is 0 Å². The standard InChI is InChI=1S/C20H17F3N6O2/c1-11-7-9-16(27-26-11)25-19(30)18-12(2)24-17-10-8-14(28-29(17)18)13-5-3-4-6-15(13)31-20(21,22)23/h3-10,26-27H,1-2H3,(H,25,30). The number of para-hydroxylation sites is 1. The Labute approximate surface area is 174 Å². The minimum absolute atomic E-state index is 0.126. The van der Waals surface area contributed by atoms with Crippen LogP contribution in [0.3, 0.4) is 0 Å². The second-order valence-electron chi connectivity index (χ2n) is 6.71. The molecule has 160 valence electrons. The summed E-state index contributed by atoms with van der Waals surface area (Å²) in [6.45, 7) is 3.50. The van der Waals surface area contributed by atoms with Crippen molar-refractivity contribution in [2.45, 2.75) is 20.2 Å². The monoisotopic (exact) mass is 430 g/mol. The molecule has 1 aliphatic heterocycles. The number of amides is 1.